The molecule has 1 heterocycles. The molecule has 2 atom stereocenters. The van der Waals surface area contributed by atoms with Gasteiger partial charge in [0, 0.05) is 42.9 Å². The first-order valence-electron chi connectivity index (χ1n) is 14.6. The van der Waals surface area contributed by atoms with Crippen molar-refractivity contribution in [3.63, 3.8) is 0 Å². The maximum atomic E-state index is 12.3. The fourth-order valence-corrected chi connectivity index (χ4v) is 5.75. The van der Waals surface area contributed by atoms with Crippen molar-refractivity contribution in [2.45, 2.75) is 25.8 Å². The van der Waals surface area contributed by atoms with E-state index in [2.05, 4.69) is 34.2 Å². The number of carbonyl (C=O) groups is 2. The fraction of sp³-hybridized carbons (Fsp3) is 0.278. The number of halogens is 2. The van der Waals surface area contributed by atoms with E-state index in [1.807, 2.05) is 93.0 Å². The second kappa shape index (κ2) is 15.6. The van der Waals surface area contributed by atoms with Gasteiger partial charge in [0.25, 0.3) is 5.91 Å². The Morgan fingerprint density at radius 1 is 0.932 bits per heavy atom. The number of fused-ring (bicyclic) bond motifs is 1. The molecule has 0 spiro atoms. The van der Waals surface area contributed by atoms with Crippen LogP contribution in [-0.4, -0.2) is 52.2 Å². The molecule has 4 aromatic rings. The van der Waals surface area contributed by atoms with Gasteiger partial charge in [0.15, 0.2) is 0 Å². The molecule has 0 saturated carbocycles. The maximum absolute atomic E-state index is 12.3. The number of anilines is 2. The molecular weight excluding hydrogens is 593 g/mol. The zero-order valence-corrected chi connectivity index (χ0v) is 27.1. The number of benzene rings is 4. The number of ether oxygens (including phenoxy) is 1. The van der Waals surface area contributed by atoms with Crippen LogP contribution >= 0.6 is 23.2 Å². The number of methoxy groups -OCH3 is 1. The Morgan fingerprint density at radius 3 is 2.18 bits per heavy atom. The molecule has 230 valence electrons. The molecule has 0 bridgehead atoms. The highest BCUT2D eigenvalue weighted by atomic mass is 35.5. The summed E-state index contributed by atoms with van der Waals surface area (Å²) in [5, 5.41) is 4.60. The summed E-state index contributed by atoms with van der Waals surface area (Å²) in [6, 6.07) is 31.0. The van der Waals surface area contributed by atoms with E-state index in [0.29, 0.717) is 11.5 Å². The number of esters is 1. The van der Waals surface area contributed by atoms with Gasteiger partial charge in [0.2, 0.25) is 0 Å². The van der Waals surface area contributed by atoms with Gasteiger partial charge < -0.3 is 19.9 Å². The van der Waals surface area contributed by atoms with Crippen molar-refractivity contribution in [1.82, 2.24) is 5.32 Å². The number of likely N-dealkylation sites (N-methyl/N-ethyl adjacent to an activating group) is 1. The Morgan fingerprint density at radius 2 is 1.52 bits per heavy atom. The first kappa shape index (κ1) is 32.9. The lowest BCUT2D eigenvalue weighted by Gasteiger charge is -2.25. The van der Waals surface area contributed by atoms with Crippen LogP contribution in [0.1, 0.15) is 38.8 Å². The van der Waals surface area contributed by atoms with Gasteiger partial charge in [-0.15, -0.1) is 0 Å². The van der Waals surface area contributed by atoms with Crippen LogP contribution in [-0.2, 0) is 17.6 Å². The van der Waals surface area contributed by atoms with Crippen molar-refractivity contribution in [2.24, 2.45) is 5.92 Å². The van der Waals surface area contributed by atoms with E-state index < -0.39 is 0 Å². The summed E-state index contributed by atoms with van der Waals surface area (Å²) in [6.45, 7) is 3.83. The van der Waals surface area contributed by atoms with Crippen LogP contribution in [0.5, 0.6) is 0 Å². The predicted molar refractivity (Wildman–Crippen MR) is 181 cm³/mol. The van der Waals surface area contributed by atoms with Crippen LogP contribution in [0.25, 0.3) is 0 Å². The third-order valence-corrected chi connectivity index (χ3v) is 8.09. The molecular formula is C36H39Cl2N3O3. The Balaban J connectivity index is 0.000000201. The molecule has 8 heteroatoms. The fourth-order valence-electron chi connectivity index (χ4n) is 5.50. The Bertz CT molecular complexity index is 1540. The van der Waals surface area contributed by atoms with E-state index in [4.69, 9.17) is 27.9 Å². The van der Waals surface area contributed by atoms with Gasteiger partial charge in [-0.1, -0.05) is 78.7 Å². The van der Waals surface area contributed by atoms with Crippen molar-refractivity contribution in [3.05, 3.63) is 129 Å². The molecule has 5 rings (SSSR count). The van der Waals surface area contributed by atoms with Crippen LogP contribution in [0, 0.1) is 5.92 Å². The molecule has 0 fully saturated rings. The van der Waals surface area contributed by atoms with Gasteiger partial charge in [-0.2, -0.15) is 0 Å². The van der Waals surface area contributed by atoms with Crippen molar-refractivity contribution >= 4 is 46.5 Å². The lowest BCUT2D eigenvalue weighted by molar-refractivity contribution is 0.0601. The second-order valence-corrected chi connectivity index (χ2v) is 12.1. The Kier molecular flexibility index (Phi) is 11.7. The van der Waals surface area contributed by atoms with Crippen molar-refractivity contribution in [3.8, 4) is 0 Å². The van der Waals surface area contributed by atoms with Crippen LogP contribution in [0.15, 0.2) is 97.1 Å². The van der Waals surface area contributed by atoms with Crippen molar-refractivity contribution in [2.75, 3.05) is 44.1 Å². The number of nitrogens with one attached hydrogen (secondary N) is 1. The molecule has 1 aliphatic rings. The first-order valence-corrected chi connectivity index (χ1v) is 15.4. The van der Waals surface area contributed by atoms with Gasteiger partial charge in [-0.25, -0.2) is 4.79 Å². The summed E-state index contributed by atoms with van der Waals surface area (Å²) in [5.74, 6) is 0.124. The van der Waals surface area contributed by atoms with Crippen molar-refractivity contribution in [1.29, 1.82) is 0 Å². The van der Waals surface area contributed by atoms with Crippen LogP contribution in [0.2, 0.25) is 10.0 Å². The van der Waals surface area contributed by atoms with Gasteiger partial charge in [-0.05, 0) is 78.4 Å². The maximum Gasteiger partial charge on any atom is 0.339 e. The molecule has 0 radical (unpaired) electrons. The van der Waals surface area contributed by atoms with Gasteiger partial charge in [0.1, 0.15) is 0 Å². The number of nitrogens with zero attached hydrogens (tertiary/aromatic N) is 2. The summed E-state index contributed by atoms with van der Waals surface area (Å²) < 4.78 is 4.86. The predicted octanol–water partition coefficient (Wildman–Crippen LogP) is 7.57. The highest BCUT2D eigenvalue weighted by Crippen LogP contribution is 2.24. The summed E-state index contributed by atoms with van der Waals surface area (Å²) in [5.41, 5.74) is 5.63. The Labute approximate surface area is 270 Å². The molecule has 0 saturated heterocycles. The standard InChI is InChI=1S/C19H22ClNO2.C17H17ClN2O/c1-14(12-15-8-10-16(20)11-9-15)13-21(2)18-7-5-4-6-17(18)19(22)23-3;1-20-11-14(10-12-6-8-13(18)9-7-12)19-17(21)15-4-2-3-5-16(15)20/h4-11,14H,12-13H2,1-3H3;2-9,14H,10-11H2,1H3,(H,19,21)/t;14-/m.0/s1. The topological polar surface area (TPSA) is 61.9 Å². The van der Waals surface area contributed by atoms with Crippen LogP contribution in [0.3, 0.4) is 0 Å². The minimum absolute atomic E-state index is 0.00564. The summed E-state index contributed by atoms with van der Waals surface area (Å²) in [6.07, 6.45) is 1.75. The van der Waals surface area contributed by atoms with E-state index >= 15 is 0 Å². The van der Waals surface area contributed by atoms with Crippen LogP contribution in [0.4, 0.5) is 11.4 Å². The SMILES string of the molecule is CN1C[C@H](Cc2ccc(Cl)cc2)NC(=O)c2ccccc21.COC(=O)c1ccccc1N(C)CC(C)Cc1ccc(Cl)cc1. The van der Waals surface area contributed by atoms with E-state index in [0.717, 1.165) is 52.9 Å². The molecule has 0 aliphatic carbocycles. The molecule has 1 N–H and O–H groups in total. The molecule has 0 aromatic heterocycles. The molecule has 44 heavy (non-hydrogen) atoms. The van der Waals surface area contributed by atoms with Crippen molar-refractivity contribution < 1.29 is 14.3 Å². The van der Waals surface area contributed by atoms with E-state index in [9.17, 15) is 9.59 Å². The monoisotopic (exact) mass is 631 g/mol. The molecule has 4 aromatic carbocycles. The van der Waals surface area contributed by atoms with E-state index in [-0.39, 0.29) is 17.9 Å². The van der Waals surface area contributed by atoms with Gasteiger partial charge in [0.05, 0.1) is 30.0 Å². The molecule has 6 nitrogen and oxygen atoms in total. The van der Waals surface area contributed by atoms with Gasteiger partial charge in [-0.3, -0.25) is 4.79 Å². The van der Waals surface area contributed by atoms with E-state index in [1.165, 1.54) is 18.2 Å². The number of hydrogen-bond acceptors (Lipinski definition) is 5. The number of carbonyl (C=O) groups excluding carboxylic acids is 2. The quantitative estimate of drug-likeness (QED) is 0.203. The highest BCUT2D eigenvalue weighted by Gasteiger charge is 2.24. The smallest absolute Gasteiger partial charge is 0.339 e. The minimum atomic E-state index is -0.308. The first-order chi connectivity index (χ1) is 21.1. The minimum Gasteiger partial charge on any atom is -0.465 e. The lowest BCUT2D eigenvalue weighted by atomic mass is 10.0. The van der Waals surface area contributed by atoms with E-state index in [1.54, 1.807) is 6.07 Å². The third kappa shape index (κ3) is 9.01. The molecule has 1 amide bonds. The average Bonchev–Trinajstić information content (AvgIpc) is 3.14. The van der Waals surface area contributed by atoms with Crippen LogP contribution < -0.4 is 15.1 Å². The number of hydrogen-bond donors (Lipinski definition) is 1. The molecule has 1 aliphatic heterocycles. The summed E-state index contributed by atoms with van der Waals surface area (Å²) >= 11 is 11.8. The average molecular weight is 633 g/mol. The highest BCUT2D eigenvalue weighted by molar-refractivity contribution is 6.30. The zero-order chi connectivity index (χ0) is 31.6. The zero-order valence-electron chi connectivity index (χ0n) is 25.6. The second-order valence-electron chi connectivity index (χ2n) is 11.2. The largest absolute Gasteiger partial charge is 0.465 e. The lowest BCUT2D eigenvalue weighted by Crippen LogP contribution is -2.41. The Hall–Kier alpha value is -4.00. The summed E-state index contributed by atoms with van der Waals surface area (Å²) in [4.78, 5) is 28.5. The number of para-hydroxylation sites is 2. The number of rotatable bonds is 8. The van der Waals surface area contributed by atoms with Gasteiger partial charge >= 0.3 is 5.97 Å². The normalized spacial score (nSPS) is 14.7. The summed E-state index contributed by atoms with van der Waals surface area (Å²) in [7, 11) is 5.43. The number of amides is 1. The molecule has 1 unspecified atom stereocenters. The third-order valence-electron chi connectivity index (χ3n) is 7.59.